The maximum atomic E-state index is 5.99. The van der Waals surface area contributed by atoms with E-state index in [4.69, 9.17) is 10.2 Å². The number of nitrogens with two attached hydrogens (primary N) is 1. The van der Waals surface area contributed by atoms with E-state index in [1.54, 1.807) is 10.7 Å². The topological polar surface area (TPSA) is 107 Å². The van der Waals surface area contributed by atoms with Gasteiger partial charge in [0.1, 0.15) is 12.0 Å². The van der Waals surface area contributed by atoms with Crippen molar-refractivity contribution in [3.8, 4) is 11.6 Å². The van der Waals surface area contributed by atoms with Crippen LogP contribution in [0.2, 0.25) is 0 Å². The lowest BCUT2D eigenvalue weighted by molar-refractivity contribution is 0.571. The first-order valence-electron chi connectivity index (χ1n) is 7.27. The van der Waals surface area contributed by atoms with Gasteiger partial charge in [-0.25, -0.2) is 15.0 Å². The summed E-state index contributed by atoms with van der Waals surface area (Å²) in [7, 11) is 1.95. The summed E-state index contributed by atoms with van der Waals surface area (Å²) in [4.78, 5) is 13.0. The monoisotopic (exact) mass is 301 g/mol. The molecule has 0 aliphatic heterocycles. The van der Waals surface area contributed by atoms with Crippen molar-refractivity contribution < 1.29 is 4.42 Å². The molecular formula is C14H19N7O. The summed E-state index contributed by atoms with van der Waals surface area (Å²) in [5, 5.41) is 7.57. The number of hydrogen-bond donors (Lipinski definition) is 2. The van der Waals surface area contributed by atoms with Gasteiger partial charge in [0.05, 0.1) is 6.20 Å². The van der Waals surface area contributed by atoms with E-state index in [-0.39, 0.29) is 5.95 Å². The van der Waals surface area contributed by atoms with Gasteiger partial charge in [-0.05, 0) is 33.4 Å². The summed E-state index contributed by atoms with van der Waals surface area (Å²) in [5.74, 6) is 1.49. The van der Waals surface area contributed by atoms with E-state index in [0.717, 1.165) is 37.2 Å². The van der Waals surface area contributed by atoms with Gasteiger partial charge in [-0.2, -0.15) is 4.52 Å². The molecule has 22 heavy (non-hydrogen) atoms. The van der Waals surface area contributed by atoms with E-state index in [9.17, 15) is 0 Å². The summed E-state index contributed by atoms with van der Waals surface area (Å²) in [6.45, 7) is 2.91. The van der Waals surface area contributed by atoms with Gasteiger partial charge in [-0.1, -0.05) is 0 Å². The van der Waals surface area contributed by atoms with Crippen molar-refractivity contribution in [3.05, 3.63) is 23.8 Å². The first kappa shape index (κ1) is 14.5. The summed E-state index contributed by atoms with van der Waals surface area (Å²) < 4.78 is 6.89. The van der Waals surface area contributed by atoms with Crippen LogP contribution < -0.4 is 11.1 Å². The predicted octanol–water partition coefficient (Wildman–Crippen LogP) is 1.21. The average molecular weight is 301 g/mol. The van der Waals surface area contributed by atoms with E-state index in [1.807, 2.05) is 14.0 Å². The third-order valence-corrected chi connectivity index (χ3v) is 3.50. The highest BCUT2D eigenvalue weighted by Gasteiger charge is 2.17. The quantitative estimate of drug-likeness (QED) is 0.659. The van der Waals surface area contributed by atoms with E-state index < -0.39 is 0 Å². The van der Waals surface area contributed by atoms with E-state index in [1.165, 1.54) is 6.26 Å². The zero-order chi connectivity index (χ0) is 15.5. The van der Waals surface area contributed by atoms with E-state index >= 15 is 0 Å². The van der Waals surface area contributed by atoms with Crippen LogP contribution in [0, 0.1) is 6.92 Å². The molecule has 0 saturated carbocycles. The zero-order valence-corrected chi connectivity index (χ0v) is 12.7. The Kier molecular flexibility index (Phi) is 4.01. The predicted molar refractivity (Wildman–Crippen MR) is 82.3 cm³/mol. The Balaban J connectivity index is 1.94. The molecule has 0 amide bonds. The highest BCUT2D eigenvalue weighted by Crippen LogP contribution is 2.24. The van der Waals surface area contributed by atoms with Crippen molar-refractivity contribution in [1.29, 1.82) is 0 Å². The summed E-state index contributed by atoms with van der Waals surface area (Å²) in [6, 6.07) is 0. The largest absolute Gasteiger partial charge is 0.443 e. The van der Waals surface area contributed by atoms with Gasteiger partial charge >= 0.3 is 0 Å². The van der Waals surface area contributed by atoms with E-state index in [0.29, 0.717) is 17.2 Å². The molecule has 0 radical (unpaired) electrons. The molecule has 3 aromatic heterocycles. The Hall–Kier alpha value is -2.48. The minimum atomic E-state index is 0.280. The number of nitrogens with one attached hydrogen (secondary N) is 1. The molecule has 0 aliphatic carbocycles. The summed E-state index contributed by atoms with van der Waals surface area (Å²) >= 11 is 0. The van der Waals surface area contributed by atoms with Crippen LogP contribution in [0.1, 0.15) is 24.2 Å². The maximum absolute atomic E-state index is 5.99. The first-order valence-corrected chi connectivity index (χ1v) is 7.27. The zero-order valence-electron chi connectivity index (χ0n) is 12.7. The van der Waals surface area contributed by atoms with Crippen molar-refractivity contribution in [2.75, 3.05) is 19.3 Å². The Morgan fingerprint density at radius 3 is 2.91 bits per heavy atom. The second-order valence-corrected chi connectivity index (χ2v) is 5.10. The molecule has 8 nitrogen and oxygen atoms in total. The lowest BCUT2D eigenvalue weighted by atomic mass is 10.2. The number of anilines is 1. The fourth-order valence-corrected chi connectivity index (χ4v) is 2.35. The van der Waals surface area contributed by atoms with Crippen LogP contribution in [0.5, 0.6) is 0 Å². The standard InChI is InChI=1S/C14H19N7O/c1-9-11(13-17-7-8-22-13)19-14(15)21-12(9)18-10(20-21)5-3-4-6-16-2/h7-8,16H,3-6H2,1-2H3,(H2,15,19). The number of nitrogens with zero attached hydrogens (tertiary/aromatic N) is 5. The van der Waals surface area contributed by atoms with Gasteiger partial charge < -0.3 is 15.5 Å². The van der Waals surface area contributed by atoms with Crippen molar-refractivity contribution in [2.24, 2.45) is 0 Å². The van der Waals surface area contributed by atoms with Crippen LogP contribution in [0.25, 0.3) is 17.2 Å². The second-order valence-electron chi connectivity index (χ2n) is 5.10. The Bertz CT molecular complexity index is 763. The molecule has 0 unspecified atom stereocenters. The van der Waals surface area contributed by atoms with Gasteiger partial charge in [0, 0.05) is 12.0 Å². The van der Waals surface area contributed by atoms with Gasteiger partial charge in [0.15, 0.2) is 11.5 Å². The lowest BCUT2D eigenvalue weighted by Gasteiger charge is -2.04. The number of rotatable bonds is 6. The Morgan fingerprint density at radius 1 is 1.32 bits per heavy atom. The van der Waals surface area contributed by atoms with Gasteiger partial charge in [-0.3, -0.25) is 0 Å². The fourth-order valence-electron chi connectivity index (χ4n) is 2.35. The normalized spacial score (nSPS) is 11.4. The number of fused-ring (bicyclic) bond motifs is 1. The van der Waals surface area contributed by atoms with Gasteiger partial charge in [0.2, 0.25) is 11.8 Å². The second kappa shape index (κ2) is 6.10. The number of unbranched alkanes of at least 4 members (excludes halogenated alkanes) is 1. The van der Waals surface area contributed by atoms with Crippen LogP contribution in [0.4, 0.5) is 5.95 Å². The van der Waals surface area contributed by atoms with Crippen molar-refractivity contribution in [1.82, 2.24) is 29.9 Å². The minimum Gasteiger partial charge on any atom is -0.443 e. The molecule has 0 spiro atoms. The fraction of sp³-hybridized carbons (Fsp3) is 0.429. The third kappa shape index (κ3) is 2.64. The van der Waals surface area contributed by atoms with Crippen LogP contribution in [-0.2, 0) is 6.42 Å². The SMILES string of the molecule is CNCCCCc1nc2c(C)c(-c3ncco3)nc(N)n2n1. The summed E-state index contributed by atoms with van der Waals surface area (Å²) in [6.07, 6.45) is 6.01. The first-order chi connectivity index (χ1) is 10.7. The number of aromatic nitrogens is 5. The highest BCUT2D eigenvalue weighted by atomic mass is 16.3. The number of oxazole rings is 1. The lowest BCUT2D eigenvalue weighted by Crippen LogP contribution is -2.07. The molecule has 3 heterocycles. The molecule has 0 aliphatic rings. The molecule has 0 fully saturated rings. The summed E-state index contributed by atoms with van der Waals surface area (Å²) in [5.41, 5.74) is 8.14. The van der Waals surface area contributed by atoms with Crippen molar-refractivity contribution >= 4 is 11.6 Å². The number of nitrogen functional groups attached to an aromatic ring is 1. The average Bonchev–Trinajstić information content (AvgIpc) is 3.17. The van der Waals surface area contributed by atoms with Gasteiger partial charge in [0.25, 0.3) is 0 Å². The molecule has 8 heteroatoms. The molecular weight excluding hydrogens is 282 g/mol. The van der Waals surface area contributed by atoms with Crippen molar-refractivity contribution in [2.45, 2.75) is 26.2 Å². The van der Waals surface area contributed by atoms with Gasteiger partial charge in [-0.15, -0.1) is 5.10 Å². The van der Waals surface area contributed by atoms with Crippen molar-refractivity contribution in [3.63, 3.8) is 0 Å². The molecule has 3 rings (SSSR count). The van der Waals surface area contributed by atoms with Crippen LogP contribution in [0.3, 0.4) is 0 Å². The maximum Gasteiger partial charge on any atom is 0.245 e. The highest BCUT2D eigenvalue weighted by molar-refractivity contribution is 5.65. The Labute approximate surface area is 127 Å². The smallest absolute Gasteiger partial charge is 0.245 e. The van der Waals surface area contributed by atoms with E-state index in [2.05, 4.69) is 25.4 Å². The van der Waals surface area contributed by atoms with Crippen LogP contribution >= 0.6 is 0 Å². The molecule has 0 atom stereocenters. The molecule has 0 saturated heterocycles. The molecule has 3 N–H and O–H groups in total. The Morgan fingerprint density at radius 2 is 2.18 bits per heavy atom. The van der Waals surface area contributed by atoms with Crippen LogP contribution in [-0.4, -0.2) is 38.2 Å². The molecule has 116 valence electrons. The van der Waals surface area contributed by atoms with Crippen LogP contribution in [0.15, 0.2) is 16.9 Å². The minimum absolute atomic E-state index is 0.280. The molecule has 0 aromatic carbocycles. The molecule has 3 aromatic rings. The number of aryl methyl sites for hydroxylation is 2. The molecule has 0 bridgehead atoms. The third-order valence-electron chi connectivity index (χ3n) is 3.50. The number of hydrogen-bond acceptors (Lipinski definition) is 7.